The van der Waals surface area contributed by atoms with Gasteiger partial charge >= 0.3 is 5.97 Å². The molecule has 82 valence electrons. The average Bonchev–Trinajstić information content (AvgIpc) is 2.74. The Morgan fingerprint density at radius 1 is 1.38 bits per heavy atom. The summed E-state index contributed by atoms with van der Waals surface area (Å²) in [6.45, 7) is 0. The number of hydrogen-bond acceptors (Lipinski definition) is 2. The summed E-state index contributed by atoms with van der Waals surface area (Å²) in [6.07, 6.45) is 3.17. The SMILES string of the molecule is O=C(O)C(c1ccc(Cl)cc1)n1cccn1. The van der Waals surface area contributed by atoms with Crippen LogP contribution in [0.3, 0.4) is 0 Å². The van der Waals surface area contributed by atoms with Crippen molar-refractivity contribution in [3.8, 4) is 0 Å². The van der Waals surface area contributed by atoms with Crippen molar-refractivity contribution in [2.75, 3.05) is 0 Å². The quantitative estimate of drug-likeness (QED) is 0.889. The maximum Gasteiger partial charge on any atom is 0.333 e. The predicted molar refractivity (Wildman–Crippen MR) is 59.5 cm³/mol. The topological polar surface area (TPSA) is 55.1 Å². The van der Waals surface area contributed by atoms with Crippen LogP contribution < -0.4 is 0 Å². The minimum Gasteiger partial charge on any atom is -0.479 e. The molecule has 0 saturated heterocycles. The molecule has 2 rings (SSSR count). The number of aliphatic carboxylic acids is 1. The molecular formula is C11H9ClN2O2. The Morgan fingerprint density at radius 3 is 2.56 bits per heavy atom. The highest BCUT2D eigenvalue weighted by molar-refractivity contribution is 6.30. The maximum atomic E-state index is 11.2. The lowest BCUT2D eigenvalue weighted by Crippen LogP contribution is -2.20. The monoisotopic (exact) mass is 236 g/mol. The fourth-order valence-corrected chi connectivity index (χ4v) is 1.61. The molecule has 0 radical (unpaired) electrons. The first-order valence-electron chi connectivity index (χ1n) is 4.66. The van der Waals surface area contributed by atoms with E-state index in [2.05, 4.69) is 5.10 Å². The van der Waals surface area contributed by atoms with Crippen LogP contribution in [-0.4, -0.2) is 20.9 Å². The van der Waals surface area contributed by atoms with Crippen LogP contribution in [0.25, 0.3) is 0 Å². The Morgan fingerprint density at radius 2 is 2.06 bits per heavy atom. The van der Waals surface area contributed by atoms with Crippen molar-refractivity contribution in [3.63, 3.8) is 0 Å². The van der Waals surface area contributed by atoms with Gasteiger partial charge in [0.05, 0.1) is 0 Å². The first kappa shape index (κ1) is 10.7. The van der Waals surface area contributed by atoms with Crippen molar-refractivity contribution in [1.29, 1.82) is 0 Å². The Kier molecular flexibility index (Phi) is 2.92. The molecule has 0 fully saturated rings. The van der Waals surface area contributed by atoms with E-state index in [0.29, 0.717) is 10.6 Å². The minimum absolute atomic E-state index is 0.577. The highest BCUT2D eigenvalue weighted by Crippen LogP contribution is 2.20. The first-order chi connectivity index (χ1) is 7.68. The Bertz CT molecular complexity index is 479. The van der Waals surface area contributed by atoms with Crippen LogP contribution in [0, 0.1) is 0 Å². The van der Waals surface area contributed by atoms with Gasteiger partial charge in [0.1, 0.15) is 0 Å². The second kappa shape index (κ2) is 4.37. The second-order valence-electron chi connectivity index (χ2n) is 3.28. The summed E-state index contributed by atoms with van der Waals surface area (Å²) in [7, 11) is 0. The Hall–Kier alpha value is -1.81. The first-order valence-corrected chi connectivity index (χ1v) is 5.03. The van der Waals surface area contributed by atoms with Crippen molar-refractivity contribution >= 4 is 17.6 Å². The largest absolute Gasteiger partial charge is 0.479 e. The number of carboxylic acid groups (broad SMARTS) is 1. The summed E-state index contributed by atoms with van der Waals surface area (Å²) in [5.74, 6) is -0.953. The van der Waals surface area contributed by atoms with E-state index >= 15 is 0 Å². The highest BCUT2D eigenvalue weighted by Gasteiger charge is 2.21. The predicted octanol–water partition coefficient (Wildman–Crippen LogP) is 2.21. The van der Waals surface area contributed by atoms with Crippen LogP contribution in [0.1, 0.15) is 11.6 Å². The highest BCUT2D eigenvalue weighted by atomic mass is 35.5. The van der Waals surface area contributed by atoms with E-state index in [1.807, 2.05) is 0 Å². The van der Waals surface area contributed by atoms with Crippen LogP contribution in [-0.2, 0) is 4.79 Å². The van der Waals surface area contributed by atoms with Crippen molar-refractivity contribution < 1.29 is 9.90 Å². The molecule has 5 heteroatoms. The van der Waals surface area contributed by atoms with E-state index in [0.717, 1.165) is 0 Å². The number of carboxylic acids is 1. The Labute approximate surface area is 97.1 Å². The molecule has 0 aliphatic rings. The summed E-state index contributed by atoms with van der Waals surface area (Å²) in [4.78, 5) is 11.2. The number of benzene rings is 1. The molecule has 1 N–H and O–H groups in total. The van der Waals surface area contributed by atoms with Gasteiger partial charge in [-0.1, -0.05) is 23.7 Å². The standard InChI is InChI=1S/C11H9ClN2O2/c12-9-4-2-8(3-5-9)10(11(15)16)14-7-1-6-13-14/h1-7,10H,(H,15,16). The van der Waals surface area contributed by atoms with Gasteiger partial charge in [-0.3, -0.25) is 4.68 Å². The third kappa shape index (κ3) is 2.06. The molecule has 1 aromatic carbocycles. The fraction of sp³-hybridized carbons (Fsp3) is 0.0909. The number of hydrogen-bond donors (Lipinski definition) is 1. The fourth-order valence-electron chi connectivity index (χ4n) is 1.49. The van der Waals surface area contributed by atoms with Gasteiger partial charge in [-0.05, 0) is 23.8 Å². The molecule has 0 spiro atoms. The lowest BCUT2D eigenvalue weighted by Gasteiger charge is -2.13. The summed E-state index contributed by atoms with van der Waals surface area (Å²) in [5.41, 5.74) is 0.639. The zero-order chi connectivity index (χ0) is 11.5. The van der Waals surface area contributed by atoms with Crippen LogP contribution in [0.2, 0.25) is 5.02 Å². The van der Waals surface area contributed by atoms with Gasteiger partial charge < -0.3 is 5.11 Å². The van der Waals surface area contributed by atoms with E-state index < -0.39 is 12.0 Å². The van der Waals surface area contributed by atoms with E-state index in [9.17, 15) is 9.90 Å². The number of aromatic nitrogens is 2. The number of rotatable bonds is 3. The average molecular weight is 237 g/mol. The smallest absolute Gasteiger partial charge is 0.333 e. The van der Waals surface area contributed by atoms with Gasteiger partial charge in [0.25, 0.3) is 0 Å². The van der Waals surface area contributed by atoms with E-state index in [1.165, 1.54) is 4.68 Å². The molecule has 0 saturated carbocycles. The van der Waals surface area contributed by atoms with Crippen molar-refractivity contribution in [1.82, 2.24) is 9.78 Å². The van der Waals surface area contributed by atoms with E-state index in [-0.39, 0.29) is 0 Å². The third-order valence-corrected chi connectivity index (χ3v) is 2.46. The molecule has 16 heavy (non-hydrogen) atoms. The maximum absolute atomic E-state index is 11.2. The van der Waals surface area contributed by atoms with E-state index in [4.69, 9.17) is 11.6 Å². The molecule has 1 unspecified atom stereocenters. The van der Waals surface area contributed by atoms with Gasteiger partial charge in [0, 0.05) is 17.4 Å². The molecule has 0 bridgehead atoms. The molecule has 1 heterocycles. The van der Waals surface area contributed by atoms with Crippen molar-refractivity contribution in [3.05, 3.63) is 53.3 Å². The summed E-state index contributed by atoms with van der Waals surface area (Å²) in [6, 6.07) is 7.57. The van der Waals surface area contributed by atoms with Crippen molar-refractivity contribution in [2.45, 2.75) is 6.04 Å². The van der Waals surface area contributed by atoms with Crippen molar-refractivity contribution in [2.24, 2.45) is 0 Å². The summed E-state index contributed by atoms with van der Waals surface area (Å²) >= 11 is 5.75. The molecule has 2 aromatic rings. The molecule has 0 amide bonds. The molecular weight excluding hydrogens is 228 g/mol. The van der Waals surface area contributed by atoms with Gasteiger partial charge in [-0.2, -0.15) is 5.10 Å². The van der Waals surface area contributed by atoms with Gasteiger partial charge in [0.15, 0.2) is 6.04 Å². The number of nitrogens with zero attached hydrogens (tertiary/aromatic N) is 2. The second-order valence-corrected chi connectivity index (χ2v) is 3.71. The number of halogens is 1. The summed E-state index contributed by atoms with van der Waals surface area (Å²) < 4.78 is 1.39. The van der Waals surface area contributed by atoms with Gasteiger partial charge in [-0.25, -0.2) is 4.79 Å². The normalized spacial score (nSPS) is 12.3. The van der Waals surface area contributed by atoms with Gasteiger partial charge in [-0.15, -0.1) is 0 Å². The number of carbonyl (C=O) groups is 1. The van der Waals surface area contributed by atoms with Gasteiger partial charge in [0.2, 0.25) is 0 Å². The molecule has 0 aliphatic heterocycles. The van der Waals surface area contributed by atoms with Crippen LogP contribution in [0.5, 0.6) is 0 Å². The van der Waals surface area contributed by atoms with Crippen LogP contribution >= 0.6 is 11.6 Å². The molecule has 1 atom stereocenters. The lowest BCUT2D eigenvalue weighted by atomic mass is 10.1. The minimum atomic E-state index is -0.953. The zero-order valence-electron chi connectivity index (χ0n) is 8.25. The van der Waals surface area contributed by atoms with E-state index in [1.54, 1.807) is 42.7 Å². The zero-order valence-corrected chi connectivity index (χ0v) is 9.00. The van der Waals surface area contributed by atoms with Crippen LogP contribution in [0.15, 0.2) is 42.7 Å². The lowest BCUT2D eigenvalue weighted by molar-refractivity contribution is -0.139. The summed E-state index contributed by atoms with van der Waals surface area (Å²) in [5, 5.41) is 13.7. The molecule has 1 aromatic heterocycles. The molecule has 4 nitrogen and oxygen atoms in total. The Balaban J connectivity index is 2.41. The van der Waals surface area contributed by atoms with Crippen LogP contribution in [0.4, 0.5) is 0 Å². The third-order valence-electron chi connectivity index (χ3n) is 2.21. The molecule has 0 aliphatic carbocycles.